The summed E-state index contributed by atoms with van der Waals surface area (Å²) in [5.74, 6) is -1.43. The minimum Gasteiger partial charge on any atom is -0.477 e. The van der Waals surface area contributed by atoms with E-state index < -0.39 is 5.97 Å². The average molecular weight is 320 g/mol. The Labute approximate surface area is 138 Å². The van der Waals surface area contributed by atoms with Crippen molar-refractivity contribution >= 4 is 5.97 Å². The highest BCUT2D eigenvalue weighted by Crippen LogP contribution is 2.31. The number of carbonyl (C=O) groups is 1. The van der Waals surface area contributed by atoms with E-state index in [4.69, 9.17) is 0 Å². The van der Waals surface area contributed by atoms with Crippen LogP contribution in [0.4, 0.5) is 4.39 Å². The fourth-order valence-corrected chi connectivity index (χ4v) is 2.77. The molecule has 0 aliphatic carbocycles. The number of aryl methyl sites for hydroxylation is 1. The van der Waals surface area contributed by atoms with Crippen molar-refractivity contribution in [1.29, 1.82) is 5.26 Å². The van der Waals surface area contributed by atoms with E-state index >= 15 is 0 Å². The van der Waals surface area contributed by atoms with Crippen molar-refractivity contribution < 1.29 is 14.3 Å². The van der Waals surface area contributed by atoms with E-state index in [-0.39, 0.29) is 17.1 Å². The Morgan fingerprint density at radius 1 is 1.12 bits per heavy atom. The third kappa shape index (κ3) is 2.55. The number of hydrogen-bond acceptors (Lipinski definition) is 2. The fraction of sp³-hybridized carbons (Fsp3) is 0.0526. The molecule has 2 aromatic carbocycles. The Kier molecular flexibility index (Phi) is 3.88. The molecule has 1 N–H and O–H groups in total. The van der Waals surface area contributed by atoms with Crippen molar-refractivity contribution in [3.05, 3.63) is 71.8 Å². The molecule has 5 heteroatoms. The average Bonchev–Trinajstić information content (AvgIpc) is 2.92. The standard InChI is InChI=1S/C19H13FN2O2/c1-22-11-14(10-21)17(18(22)19(23)24)13-8-6-12(7-9-13)15-4-2-3-5-16(15)20/h2-9,11H,1H3,(H,23,24). The summed E-state index contributed by atoms with van der Waals surface area (Å²) in [5.41, 5.74) is 2.45. The van der Waals surface area contributed by atoms with Crippen LogP contribution in [0.1, 0.15) is 16.1 Å². The van der Waals surface area contributed by atoms with Crippen LogP contribution in [0.15, 0.2) is 54.7 Å². The number of carboxylic acids is 1. The Hall–Kier alpha value is -3.39. The lowest BCUT2D eigenvalue weighted by atomic mass is 9.98. The van der Waals surface area contributed by atoms with Crippen molar-refractivity contribution in [1.82, 2.24) is 4.57 Å². The summed E-state index contributed by atoms with van der Waals surface area (Å²) in [6.45, 7) is 0. The number of nitriles is 1. The lowest BCUT2D eigenvalue weighted by Crippen LogP contribution is -2.05. The molecule has 0 aliphatic heterocycles. The highest BCUT2D eigenvalue weighted by Gasteiger charge is 2.21. The first kappa shape index (κ1) is 15.5. The van der Waals surface area contributed by atoms with Crippen molar-refractivity contribution in [2.24, 2.45) is 7.05 Å². The molecule has 118 valence electrons. The number of hydrogen-bond donors (Lipinski definition) is 1. The monoisotopic (exact) mass is 320 g/mol. The van der Waals surface area contributed by atoms with Crippen molar-refractivity contribution in [3.63, 3.8) is 0 Å². The zero-order valence-electron chi connectivity index (χ0n) is 12.8. The van der Waals surface area contributed by atoms with Gasteiger partial charge in [-0.15, -0.1) is 0 Å². The Morgan fingerprint density at radius 3 is 2.33 bits per heavy atom. The van der Waals surface area contributed by atoms with E-state index in [1.54, 1.807) is 49.5 Å². The van der Waals surface area contributed by atoms with Gasteiger partial charge in [0.05, 0.1) is 5.56 Å². The highest BCUT2D eigenvalue weighted by molar-refractivity contribution is 5.96. The Morgan fingerprint density at radius 2 is 1.75 bits per heavy atom. The molecule has 0 unspecified atom stereocenters. The number of nitrogens with zero attached hydrogens (tertiary/aromatic N) is 2. The predicted molar refractivity (Wildman–Crippen MR) is 87.9 cm³/mol. The SMILES string of the molecule is Cn1cc(C#N)c(-c2ccc(-c3ccccc3F)cc2)c1C(=O)O. The van der Waals surface area contributed by atoms with E-state index in [2.05, 4.69) is 0 Å². The number of carboxylic acid groups (broad SMARTS) is 1. The van der Waals surface area contributed by atoms with Gasteiger partial charge in [0, 0.05) is 24.4 Å². The predicted octanol–water partition coefficient (Wildman–Crippen LogP) is 4.07. The van der Waals surface area contributed by atoms with Crippen LogP contribution in [-0.4, -0.2) is 15.6 Å². The van der Waals surface area contributed by atoms with Gasteiger partial charge < -0.3 is 9.67 Å². The van der Waals surface area contributed by atoms with Gasteiger partial charge >= 0.3 is 5.97 Å². The summed E-state index contributed by atoms with van der Waals surface area (Å²) in [6, 6.07) is 15.3. The number of halogens is 1. The first-order valence-electron chi connectivity index (χ1n) is 7.21. The molecule has 1 heterocycles. The highest BCUT2D eigenvalue weighted by atomic mass is 19.1. The van der Waals surface area contributed by atoms with Crippen molar-refractivity contribution in [2.75, 3.05) is 0 Å². The molecule has 24 heavy (non-hydrogen) atoms. The summed E-state index contributed by atoms with van der Waals surface area (Å²) in [5, 5.41) is 18.7. The summed E-state index contributed by atoms with van der Waals surface area (Å²) in [4.78, 5) is 11.5. The van der Waals surface area contributed by atoms with Crippen LogP contribution in [0.5, 0.6) is 0 Å². The number of aromatic nitrogens is 1. The van der Waals surface area contributed by atoms with Gasteiger partial charge in [-0.05, 0) is 17.2 Å². The van der Waals surface area contributed by atoms with E-state index in [1.807, 2.05) is 6.07 Å². The van der Waals surface area contributed by atoms with Gasteiger partial charge in [-0.25, -0.2) is 9.18 Å². The third-order valence-corrected chi connectivity index (χ3v) is 3.86. The van der Waals surface area contributed by atoms with Crippen LogP contribution in [-0.2, 0) is 7.05 Å². The van der Waals surface area contributed by atoms with Gasteiger partial charge in [-0.1, -0.05) is 42.5 Å². The second-order valence-electron chi connectivity index (χ2n) is 5.35. The minimum absolute atomic E-state index is 0.0465. The van der Waals surface area contributed by atoms with Gasteiger partial charge in [0.2, 0.25) is 0 Å². The molecule has 0 atom stereocenters. The number of benzene rings is 2. The van der Waals surface area contributed by atoms with E-state index in [9.17, 15) is 19.6 Å². The molecule has 0 bridgehead atoms. The van der Waals surface area contributed by atoms with Crippen LogP contribution in [0.3, 0.4) is 0 Å². The van der Waals surface area contributed by atoms with Crippen LogP contribution < -0.4 is 0 Å². The zero-order valence-corrected chi connectivity index (χ0v) is 12.8. The number of rotatable bonds is 3. The fourth-order valence-electron chi connectivity index (χ4n) is 2.77. The molecule has 1 aromatic heterocycles. The molecule has 0 aliphatic rings. The van der Waals surface area contributed by atoms with E-state index in [0.29, 0.717) is 22.3 Å². The maximum absolute atomic E-state index is 13.9. The van der Waals surface area contributed by atoms with Gasteiger partial charge in [0.25, 0.3) is 0 Å². The maximum atomic E-state index is 13.9. The topological polar surface area (TPSA) is 66.0 Å². The molecule has 3 rings (SSSR count). The molecule has 0 saturated heterocycles. The first-order chi connectivity index (χ1) is 11.5. The first-order valence-corrected chi connectivity index (χ1v) is 7.21. The normalized spacial score (nSPS) is 10.4. The molecule has 0 radical (unpaired) electrons. The largest absolute Gasteiger partial charge is 0.477 e. The van der Waals surface area contributed by atoms with Gasteiger partial charge in [0.1, 0.15) is 17.6 Å². The van der Waals surface area contributed by atoms with Crippen LogP contribution >= 0.6 is 0 Å². The third-order valence-electron chi connectivity index (χ3n) is 3.86. The lowest BCUT2D eigenvalue weighted by molar-refractivity contribution is 0.0687. The van der Waals surface area contributed by atoms with Crippen molar-refractivity contribution in [2.45, 2.75) is 0 Å². The van der Waals surface area contributed by atoms with Gasteiger partial charge in [-0.3, -0.25) is 0 Å². The molecule has 0 fully saturated rings. The minimum atomic E-state index is -1.10. The molecular formula is C19H13FN2O2. The smallest absolute Gasteiger partial charge is 0.353 e. The summed E-state index contributed by atoms with van der Waals surface area (Å²) in [7, 11) is 1.58. The van der Waals surface area contributed by atoms with Gasteiger partial charge in [-0.2, -0.15) is 5.26 Å². The van der Waals surface area contributed by atoms with Crippen molar-refractivity contribution in [3.8, 4) is 28.3 Å². The van der Waals surface area contributed by atoms with Crippen LogP contribution in [0.25, 0.3) is 22.3 Å². The molecule has 0 spiro atoms. The molecule has 3 aromatic rings. The molecule has 0 saturated carbocycles. The summed E-state index contributed by atoms with van der Waals surface area (Å²) in [6.07, 6.45) is 1.49. The summed E-state index contributed by atoms with van der Waals surface area (Å²) < 4.78 is 15.3. The lowest BCUT2D eigenvalue weighted by Gasteiger charge is -2.07. The molecular weight excluding hydrogens is 307 g/mol. The van der Waals surface area contributed by atoms with E-state index in [1.165, 1.54) is 16.8 Å². The number of aromatic carboxylic acids is 1. The van der Waals surface area contributed by atoms with Gasteiger partial charge in [0.15, 0.2) is 0 Å². The van der Waals surface area contributed by atoms with Crippen LogP contribution in [0, 0.1) is 17.1 Å². The maximum Gasteiger partial charge on any atom is 0.353 e. The second-order valence-corrected chi connectivity index (χ2v) is 5.35. The second kappa shape index (κ2) is 6.01. The molecule has 0 amide bonds. The molecule has 4 nitrogen and oxygen atoms in total. The van der Waals surface area contributed by atoms with E-state index in [0.717, 1.165) is 0 Å². The summed E-state index contributed by atoms with van der Waals surface area (Å²) >= 11 is 0. The van der Waals surface area contributed by atoms with Crippen LogP contribution in [0.2, 0.25) is 0 Å². The Bertz CT molecular complexity index is 966. The quantitative estimate of drug-likeness (QED) is 0.791. The zero-order chi connectivity index (χ0) is 17.3. The Balaban J connectivity index is 2.12.